The highest BCUT2D eigenvalue weighted by Crippen LogP contribution is 2.39. The number of nitrogens with two attached hydrogens (primary N) is 1. The molecule has 5 nitrogen and oxygen atoms in total. The second kappa shape index (κ2) is 6.37. The van der Waals surface area contributed by atoms with E-state index in [0.717, 1.165) is 10.3 Å². The maximum Gasteiger partial charge on any atom is 0.491 e. The summed E-state index contributed by atoms with van der Waals surface area (Å²) in [7, 11) is -0.434. The smallest absolute Gasteiger partial charge is 0.400 e. The lowest BCUT2D eigenvalue weighted by Gasteiger charge is -2.32. The number of thiophene rings is 1. The molecule has 0 atom stereocenters. The maximum absolute atomic E-state index is 11.5. The fourth-order valence-electron chi connectivity index (χ4n) is 1.99. The first-order valence-corrected chi connectivity index (χ1v) is 8.43. The minimum atomic E-state index is -0.434. The zero-order valence-corrected chi connectivity index (χ0v) is 14.9. The van der Waals surface area contributed by atoms with Gasteiger partial charge in [0.05, 0.1) is 16.1 Å². The van der Waals surface area contributed by atoms with Crippen LogP contribution < -0.4 is 11.3 Å². The van der Waals surface area contributed by atoms with E-state index in [1.54, 1.807) is 6.07 Å². The highest BCUT2D eigenvalue weighted by molar-refractivity contribution is 7.80. The summed E-state index contributed by atoms with van der Waals surface area (Å²) < 4.78 is 12.1. The zero-order valence-electron chi connectivity index (χ0n) is 13.2. The predicted octanol–water partition coefficient (Wildman–Crippen LogP) is 2.30. The summed E-state index contributed by atoms with van der Waals surface area (Å²) in [5.41, 5.74) is 2.27. The Hall–Kier alpha value is -0.795. The van der Waals surface area contributed by atoms with Crippen LogP contribution in [0.5, 0.6) is 0 Å². The van der Waals surface area contributed by atoms with Gasteiger partial charge in [-0.3, -0.25) is 10.2 Å². The highest BCUT2D eigenvalue weighted by Gasteiger charge is 2.52. The molecule has 0 saturated carbocycles. The number of rotatable bonds is 4. The second-order valence-electron chi connectivity index (χ2n) is 6.14. The van der Waals surface area contributed by atoms with Gasteiger partial charge < -0.3 is 9.31 Å². The van der Waals surface area contributed by atoms with Crippen molar-refractivity contribution in [2.75, 3.05) is 5.75 Å². The molecule has 1 aromatic heterocycles. The van der Waals surface area contributed by atoms with E-state index < -0.39 is 7.12 Å². The fraction of sp³-hybridized carbons (Fsp3) is 0.500. The van der Waals surface area contributed by atoms with Gasteiger partial charge in [0.2, 0.25) is 0 Å². The second-order valence-corrected chi connectivity index (χ2v) is 7.57. The summed E-state index contributed by atoms with van der Waals surface area (Å²) in [5.74, 6) is 5.35. The molecule has 3 N–H and O–H groups in total. The minimum Gasteiger partial charge on any atom is -0.400 e. The molecule has 22 heavy (non-hydrogen) atoms. The lowest BCUT2D eigenvalue weighted by molar-refractivity contribution is 0.00578. The van der Waals surface area contributed by atoms with Crippen molar-refractivity contribution in [3.63, 3.8) is 0 Å². The Kier molecular flexibility index (Phi) is 5.08. The monoisotopic (exact) mass is 340 g/mol. The van der Waals surface area contributed by atoms with Crippen LogP contribution in [0.4, 0.5) is 0 Å². The molecule has 2 heterocycles. The van der Waals surface area contributed by atoms with Crippen molar-refractivity contribution in [3.8, 4) is 0 Å². The predicted molar refractivity (Wildman–Crippen MR) is 93.9 cm³/mol. The number of carbonyl (C=O) groups is 1. The molecule has 1 saturated heterocycles. The molecule has 1 aliphatic heterocycles. The van der Waals surface area contributed by atoms with Crippen molar-refractivity contribution >= 4 is 43.1 Å². The summed E-state index contributed by atoms with van der Waals surface area (Å²) >= 11 is 5.73. The molecule has 2 rings (SSSR count). The number of nitrogens with one attached hydrogen (secondary N) is 1. The number of amides is 1. The molecular formula is C14H21BN2O3S2. The van der Waals surface area contributed by atoms with Crippen LogP contribution in [0.2, 0.25) is 0 Å². The third-order valence-electron chi connectivity index (χ3n) is 4.05. The molecule has 0 aromatic carbocycles. The summed E-state index contributed by atoms with van der Waals surface area (Å²) in [4.78, 5) is 13.0. The van der Waals surface area contributed by atoms with Gasteiger partial charge in [0.15, 0.2) is 0 Å². The van der Waals surface area contributed by atoms with Crippen molar-refractivity contribution in [2.24, 2.45) is 5.84 Å². The first-order chi connectivity index (χ1) is 10.2. The van der Waals surface area contributed by atoms with Gasteiger partial charge in [-0.2, -0.15) is 12.6 Å². The average molecular weight is 340 g/mol. The van der Waals surface area contributed by atoms with Gasteiger partial charge in [-0.15, -0.1) is 11.3 Å². The quantitative estimate of drug-likeness (QED) is 0.259. The number of hydrazine groups is 1. The number of nitrogen functional groups attached to an aromatic ring is 1. The summed E-state index contributed by atoms with van der Waals surface area (Å²) in [5, 5.41) is 0. The van der Waals surface area contributed by atoms with Crippen LogP contribution in [0.3, 0.4) is 0 Å². The first-order valence-electron chi connectivity index (χ1n) is 6.98. The normalized spacial score (nSPS) is 20.3. The topological polar surface area (TPSA) is 73.6 Å². The van der Waals surface area contributed by atoms with Gasteiger partial charge in [-0.05, 0) is 51.4 Å². The van der Waals surface area contributed by atoms with Crippen molar-refractivity contribution in [3.05, 3.63) is 27.4 Å². The Morgan fingerprint density at radius 1 is 1.36 bits per heavy atom. The van der Waals surface area contributed by atoms with Crippen molar-refractivity contribution in [1.29, 1.82) is 0 Å². The van der Waals surface area contributed by atoms with E-state index in [9.17, 15) is 4.79 Å². The number of hydrogen-bond donors (Lipinski definition) is 3. The van der Waals surface area contributed by atoms with E-state index in [-0.39, 0.29) is 17.1 Å². The van der Waals surface area contributed by atoms with E-state index >= 15 is 0 Å². The Labute approximate surface area is 140 Å². The van der Waals surface area contributed by atoms with Crippen LogP contribution in [0.15, 0.2) is 17.6 Å². The Balaban J connectivity index is 2.22. The molecule has 8 heteroatoms. The van der Waals surface area contributed by atoms with Crippen LogP contribution in [-0.4, -0.2) is 30.0 Å². The van der Waals surface area contributed by atoms with Crippen molar-refractivity contribution in [2.45, 2.75) is 38.9 Å². The number of carbonyl (C=O) groups excluding carboxylic acids is 1. The molecule has 120 valence electrons. The van der Waals surface area contributed by atoms with E-state index in [1.165, 1.54) is 11.3 Å². The van der Waals surface area contributed by atoms with Gasteiger partial charge in [-0.25, -0.2) is 5.84 Å². The molecule has 0 aliphatic carbocycles. The van der Waals surface area contributed by atoms with Crippen LogP contribution in [-0.2, 0) is 9.31 Å². The molecule has 0 unspecified atom stereocenters. The lowest BCUT2D eigenvalue weighted by atomic mass is 9.79. The SMILES string of the molecule is CC1(C)OB(C(=Cc2ccc(C(=O)NN)s2)CS)OC1(C)C. The van der Waals surface area contributed by atoms with Gasteiger partial charge in [0.1, 0.15) is 0 Å². The Morgan fingerprint density at radius 3 is 2.45 bits per heavy atom. The fourth-order valence-corrected chi connectivity index (χ4v) is 3.12. The average Bonchev–Trinajstić information content (AvgIpc) is 2.98. The molecule has 0 radical (unpaired) electrons. The third kappa shape index (κ3) is 3.41. The van der Waals surface area contributed by atoms with Gasteiger partial charge in [0, 0.05) is 10.6 Å². The summed E-state index contributed by atoms with van der Waals surface area (Å²) in [6.07, 6.45) is 1.95. The largest absolute Gasteiger partial charge is 0.491 e. The molecule has 1 amide bonds. The maximum atomic E-state index is 11.5. The molecule has 0 spiro atoms. The van der Waals surface area contributed by atoms with Gasteiger partial charge in [0.25, 0.3) is 5.91 Å². The molecule has 1 fully saturated rings. The number of thiol groups is 1. The van der Waals surface area contributed by atoms with E-state index in [0.29, 0.717) is 10.6 Å². The number of hydrogen-bond acceptors (Lipinski definition) is 6. The molecule has 1 aliphatic rings. The molecule has 1 aromatic rings. The summed E-state index contributed by atoms with van der Waals surface area (Å²) in [6.45, 7) is 8.05. The summed E-state index contributed by atoms with van der Waals surface area (Å²) in [6, 6.07) is 3.60. The van der Waals surface area contributed by atoms with E-state index in [2.05, 4.69) is 18.1 Å². The molecule has 0 bridgehead atoms. The van der Waals surface area contributed by atoms with Crippen LogP contribution in [0.25, 0.3) is 6.08 Å². The van der Waals surface area contributed by atoms with Crippen molar-refractivity contribution < 1.29 is 14.1 Å². The van der Waals surface area contributed by atoms with Crippen LogP contribution in [0.1, 0.15) is 42.2 Å². The van der Waals surface area contributed by atoms with E-state index in [1.807, 2.05) is 39.8 Å². The highest BCUT2D eigenvalue weighted by atomic mass is 32.1. The lowest BCUT2D eigenvalue weighted by Crippen LogP contribution is -2.41. The van der Waals surface area contributed by atoms with E-state index in [4.69, 9.17) is 15.2 Å². The van der Waals surface area contributed by atoms with Gasteiger partial charge >= 0.3 is 7.12 Å². The van der Waals surface area contributed by atoms with Crippen molar-refractivity contribution in [1.82, 2.24) is 5.43 Å². The minimum absolute atomic E-state index is 0.298. The van der Waals surface area contributed by atoms with Gasteiger partial charge in [-0.1, -0.05) is 0 Å². The molecular weight excluding hydrogens is 319 g/mol. The Bertz CT molecular complexity index is 583. The van der Waals surface area contributed by atoms with Crippen LogP contribution in [0, 0.1) is 0 Å². The first kappa shape index (κ1) is 17.6. The zero-order chi connectivity index (χ0) is 16.5. The standard InChI is InChI=1S/C14H21BN2O3S2/c1-13(2)14(3,4)20-15(19-13)9(8-21)7-10-5-6-11(22-10)12(18)17-16/h5-7,21H,8,16H2,1-4H3,(H,17,18). The third-order valence-corrected chi connectivity index (χ3v) is 5.44. The Morgan fingerprint density at radius 2 is 1.95 bits per heavy atom. The van der Waals surface area contributed by atoms with Crippen LogP contribution >= 0.6 is 24.0 Å².